The van der Waals surface area contributed by atoms with Crippen LogP contribution in [0.5, 0.6) is 0 Å². The standard InChI is InChI=1S/C32H31ClN6O4/c1-20-23(25-6-3-4-7-26(25)29(34)41)8-5-9-24(20)27-19-37(2)32(43)30(36-27)35-22-12-10-21(11-13-22)31(42)39-16-14-38(15-17-39)28(40)18-33/h3-13,19H,14-18H2,1-2H3,(H2,34,41)(H,35,36). The molecule has 0 atom stereocenters. The van der Waals surface area contributed by atoms with E-state index >= 15 is 0 Å². The van der Waals surface area contributed by atoms with Gasteiger partial charge in [-0.2, -0.15) is 0 Å². The fraction of sp³-hybridized carbons (Fsp3) is 0.219. The average molecular weight is 599 g/mol. The Morgan fingerprint density at radius 3 is 2.19 bits per heavy atom. The van der Waals surface area contributed by atoms with Crippen molar-refractivity contribution in [2.24, 2.45) is 12.8 Å². The van der Waals surface area contributed by atoms with Crippen LogP contribution in [-0.2, 0) is 11.8 Å². The summed E-state index contributed by atoms with van der Waals surface area (Å²) < 4.78 is 1.46. The number of benzene rings is 3. The Labute approximate surface area is 253 Å². The molecule has 3 amide bonds. The molecule has 0 bridgehead atoms. The monoisotopic (exact) mass is 598 g/mol. The minimum atomic E-state index is -0.513. The number of rotatable bonds is 7. The molecular weight excluding hydrogens is 568 g/mol. The molecule has 5 rings (SSSR count). The number of alkyl halides is 1. The Kier molecular flexibility index (Phi) is 8.58. The molecule has 2 heterocycles. The summed E-state index contributed by atoms with van der Waals surface area (Å²) in [5.74, 6) is -0.721. The van der Waals surface area contributed by atoms with Gasteiger partial charge < -0.3 is 25.4 Å². The van der Waals surface area contributed by atoms with Crippen LogP contribution in [0, 0.1) is 6.92 Å². The maximum Gasteiger partial charge on any atom is 0.293 e. The Balaban J connectivity index is 1.38. The number of nitrogens with one attached hydrogen (secondary N) is 1. The molecule has 1 aliphatic rings. The van der Waals surface area contributed by atoms with E-state index in [1.807, 2.05) is 37.3 Å². The second kappa shape index (κ2) is 12.5. The molecule has 0 spiro atoms. The highest BCUT2D eigenvalue weighted by atomic mass is 35.5. The topological polar surface area (TPSA) is 131 Å². The van der Waals surface area contributed by atoms with Crippen LogP contribution in [0.25, 0.3) is 22.4 Å². The SMILES string of the molecule is Cc1c(-c2cn(C)c(=O)c(Nc3ccc(C(=O)N4CCN(C(=O)CCl)CC4)cc3)n2)cccc1-c1ccccc1C(N)=O. The molecule has 0 unspecified atom stereocenters. The maximum atomic E-state index is 13.0. The maximum absolute atomic E-state index is 13.0. The summed E-state index contributed by atoms with van der Waals surface area (Å²) in [5.41, 5.74) is 10.6. The molecule has 0 radical (unpaired) electrons. The molecule has 10 nitrogen and oxygen atoms in total. The van der Waals surface area contributed by atoms with E-state index in [4.69, 9.17) is 17.3 Å². The summed E-state index contributed by atoms with van der Waals surface area (Å²) in [5, 5.41) is 3.10. The molecule has 0 saturated carbocycles. The first-order chi connectivity index (χ1) is 20.7. The van der Waals surface area contributed by atoms with Gasteiger partial charge >= 0.3 is 0 Å². The fourth-order valence-electron chi connectivity index (χ4n) is 5.21. The summed E-state index contributed by atoms with van der Waals surface area (Å²) in [6.45, 7) is 3.70. The van der Waals surface area contributed by atoms with Crippen molar-refractivity contribution in [3.63, 3.8) is 0 Å². The lowest BCUT2D eigenvalue weighted by atomic mass is 9.92. The van der Waals surface area contributed by atoms with Crippen molar-refractivity contribution in [1.29, 1.82) is 0 Å². The van der Waals surface area contributed by atoms with Crippen LogP contribution < -0.4 is 16.6 Å². The van der Waals surface area contributed by atoms with Gasteiger partial charge in [0, 0.05) is 61.8 Å². The van der Waals surface area contributed by atoms with Crippen molar-refractivity contribution in [2.45, 2.75) is 6.92 Å². The van der Waals surface area contributed by atoms with E-state index in [1.165, 1.54) is 4.57 Å². The van der Waals surface area contributed by atoms with Gasteiger partial charge in [-0.1, -0.05) is 36.4 Å². The molecule has 1 aliphatic heterocycles. The highest BCUT2D eigenvalue weighted by Crippen LogP contribution is 2.33. The molecule has 11 heteroatoms. The van der Waals surface area contributed by atoms with E-state index in [0.29, 0.717) is 48.7 Å². The van der Waals surface area contributed by atoms with Crippen LogP contribution in [-0.4, -0.2) is 69.1 Å². The van der Waals surface area contributed by atoms with Crippen LogP contribution in [0.4, 0.5) is 11.5 Å². The zero-order chi connectivity index (χ0) is 30.7. The van der Waals surface area contributed by atoms with E-state index in [2.05, 4.69) is 10.3 Å². The van der Waals surface area contributed by atoms with Crippen LogP contribution in [0.1, 0.15) is 26.3 Å². The van der Waals surface area contributed by atoms with Gasteiger partial charge in [-0.15, -0.1) is 11.6 Å². The number of carbonyl (C=O) groups excluding carboxylic acids is 3. The summed E-state index contributed by atoms with van der Waals surface area (Å²) in [4.78, 5) is 57.9. The predicted molar refractivity (Wildman–Crippen MR) is 167 cm³/mol. The minimum Gasteiger partial charge on any atom is -0.366 e. The zero-order valence-corrected chi connectivity index (χ0v) is 24.6. The number of hydrogen-bond acceptors (Lipinski definition) is 6. The van der Waals surface area contributed by atoms with Gasteiger partial charge in [0.05, 0.1) is 5.69 Å². The molecule has 3 N–H and O–H groups in total. The number of nitrogens with two attached hydrogens (primary N) is 1. The van der Waals surface area contributed by atoms with Gasteiger partial charge in [-0.05, 0) is 53.9 Å². The number of aromatic nitrogens is 2. The van der Waals surface area contributed by atoms with Crippen molar-refractivity contribution in [3.05, 3.63) is 100.0 Å². The molecular formula is C32H31ClN6O4. The van der Waals surface area contributed by atoms with Gasteiger partial charge in [0.15, 0.2) is 5.82 Å². The number of nitrogens with zero attached hydrogens (tertiary/aromatic N) is 4. The second-order valence-electron chi connectivity index (χ2n) is 10.3. The lowest BCUT2D eigenvalue weighted by Gasteiger charge is -2.34. The highest BCUT2D eigenvalue weighted by molar-refractivity contribution is 6.27. The summed E-state index contributed by atoms with van der Waals surface area (Å²) in [6, 6.07) is 19.7. The van der Waals surface area contributed by atoms with Gasteiger partial charge in [-0.25, -0.2) is 4.98 Å². The average Bonchev–Trinajstić information content (AvgIpc) is 3.03. The number of piperazine rings is 1. The molecule has 3 aromatic carbocycles. The van der Waals surface area contributed by atoms with Crippen LogP contribution >= 0.6 is 11.6 Å². The number of anilines is 2. The van der Waals surface area contributed by atoms with E-state index in [-0.39, 0.29) is 29.1 Å². The zero-order valence-electron chi connectivity index (χ0n) is 23.8. The quantitative estimate of drug-likeness (QED) is 0.311. The smallest absolute Gasteiger partial charge is 0.293 e. The lowest BCUT2D eigenvalue weighted by Crippen LogP contribution is -2.50. The van der Waals surface area contributed by atoms with Gasteiger partial charge in [-0.3, -0.25) is 19.2 Å². The van der Waals surface area contributed by atoms with E-state index in [0.717, 1.165) is 22.3 Å². The van der Waals surface area contributed by atoms with Crippen LogP contribution in [0.15, 0.2) is 77.7 Å². The number of hydrogen-bond donors (Lipinski definition) is 2. The molecule has 43 heavy (non-hydrogen) atoms. The van der Waals surface area contributed by atoms with E-state index < -0.39 is 5.91 Å². The highest BCUT2D eigenvalue weighted by Gasteiger charge is 2.24. The molecule has 4 aromatic rings. The van der Waals surface area contributed by atoms with Crippen molar-refractivity contribution >= 4 is 40.8 Å². The largest absolute Gasteiger partial charge is 0.366 e. The Morgan fingerprint density at radius 1 is 0.884 bits per heavy atom. The van der Waals surface area contributed by atoms with Crippen molar-refractivity contribution < 1.29 is 14.4 Å². The summed E-state index contributed by atoms with van der Waals surface area (Å²) >= 11 is 5.64. The summed E-state index contributed by atoms with van der Waals surface area (Å²) in [6.07, 6.45) is 1.67. The van der Waals surface area contributed by atoms with Crippen LogP contribution in [0.3, 0.4) is 0 Å². The number of primary amides is 1. The van der Waals surface area contributed by atoms with Gasteiger partial charge in [0.2, 0.25) is 11.8 Å². The third-order valence-corrected chi connectivity index (χ3v) is 7.82. The summed E-state index contributed by atoms with van der Waals surface area (Å²) in [7, 11) is 1.66. The van der Waals surface area contributed by atoms with Crippen molar-refractivity contribution in [1.82, 2.24) is 19.4 Å². The minimum absolute atomic E-state index is 0.0687. The van der Waals surface area contributed by atoms with Crippen LogP contribution in [0.2, 0.25) is 0 Å². The van der Waals surface area contributed by atoms with E-state index in [9.17, 15) is 19.2 Å². The van der Waals surface area contributed by atoms with Gasteiger partial charge in [0.1, 0.15) is 5.88 Å². The molecule has 0 aliphatic carbocycles. The first-order valence-electron chi connectivity index (χ1n) is 13.7. The molecule has 1 fully saturated rings. The number of aryl methyl sites for hydroxylation is 1. The number of carbonyl (C=O) groups is 3. The third-order valence-electron chi connectivity index (χ3n) is 7.59. The Hall–Kier alpha value is -4.96. The van der Waals surface area contributed by atoms with E-state index in [1.54, 1.807) is 59.4 Å². The first-order valence-corrected chi connectivity index (χ1v) is 14.3. The number of amides is 3. The van der Waals surface area contributed by atoms with Gasteiger partial charge in [0.25, 0.3) is 11.5 Å². The fourth-order valence-corrected chi connectivity index (χ4v) is 5.38. The molecule has 1 aromatic heterocycles. The third kappa shape index (κ3) is 6.14. The Morgan fingerprint density at radius 2 is 1.51 bits per heavy atom. The number of halogens is 1. The second-order valence-corrected chi connectivity index (χ2v) is 10.6. The van der Waals surface area contributed by atoms with Crippen molar-refractivity contribution in [2.75, 3.05) is 37.4 Å². The Bertz CT molecular complexity index is 1760. The van der Waals surface area contributed by atoms with Crippen molar-refractivity contribution in [3.8, 4) is 22.4 Å². The predicted octanol–water partition coefficient (Wildman–Crippen LogP) is 3.79. The molecule has 1 saturated heterocycles. The first kappa shape index (κ1) is 29.5. The molecule has 220 valence electrons. The lowest BCUT2D eigenvalue weighted by molar-refractivity contribution is -0.129. The normalized spacial score (nSPS) is 13.1.